The Morgan fingerprint density at radius 3 is 2.33 bits per heavy atom. The molecule has 0 radical (unpaired) electrons. The van der Waals surface area contributed by atoms with Crippen LogP contribution in [-0.4, -0.2) is 18.5 Å². The molecule has 0 aromatic rings. The Balaban J connectivity index is 3.45. The molecule has 1 unspecified atom stereocenters. The van der Waals surface area contributed by atoms with Crippen molar-refractivity contribution in [3.63, 3.8) is 0 Å². The molecule has 1 atom stereocenters. The van der Waals surface area contributed by atoms with Gasteiger partial charge in [0.15, 0.2) is 0 Å². The van der Waals surface area contributed by atoms with E-state index in [4.69, 9.17) is 4.74 Å². The van der Waals surface area contributed by atoms with Crippen molar-refractivity contribution in [3.05, 3.63) is 0 Å². The highest BCUT2D eigenvalue weighted by Crippen LogP contribution is 2.27. The molecule has 0 N–H and O–H groups in total. The number of rotatable bonds is 7. The SMILES string of the molecule is CCCOCCC(C)(CC)CBr. The molecule has 0 heterocycles. The van der Waals surface area contributed by atoms with Crippen LogP contribution in [0.4, 0.5) is 0 Å². The van der Waals surface area contributed by atoms with E-state index in [9.17, 15) is 0 Å². The molecule has 2 heteroatoms. The zero-order valence-electron chi connectivity index (χ0n) is 8.53. The smallest absolute Gasteiger partial charge is 0.0471 e. The molecule has 0 aromatic heterocycles. The second kappa shape index (κ2) is 6.90. The monoisotopic (exact) mass is 236 g/mol. The topological polar surface area (TPSA) is 9.23 Å². The van der Waals surface area contributed by atoms with E-state index in [1.807, 2.05) is 0 Å². The standard InChI is InChI=1S/C10H21BrO/c1-4-7-12-8-6-10(3,5-2)9-11/h4-9H2,1-3H3. The van der Waals surface area contributed by atoms with Crippen LogP contribution in [0.25, 0.3) is 0 Å². The van der Waals surface area contributed by atoms with Crippen molar-refractivity contribution in [2.75, 3.05) is 18.5 Å². The van der Waals surface area contributed by atoms with Gasteiger partial charge in [0.05, 0.1) is 0 Å². The number of hydrogen-bond acceptors (Lipinski definition) is 1. The van der Waals surface area contributed by atoms with E-state index >= 15 is 0 Å². The first kappa shape index (κ1) is 12.4. The second-order valence-electron chi connectivity index (χ2n) is 3.66. The number of alkyl halides is 1. The van der Waals surface area contributed by atoms with E-state index in [0.29, 0.717) is 5.41 Å². The molecule has 0 aliphatic carbocycles. The van der Waals surface area contributed by atoms with E-state index in [-0.39, 0.29) is 0 Å². The van der Waals surface area contributed by atoms with Crippen LogP contribution in [0, 0.1) is 5.41 Å². The normalized spacial score (nSPS) is 16.0. The maximum absolute atomic E-state index is 5.46. The Bertz CT molecular complexity index is 100. The lowest BCUT2D eigenvalue weighted by molar-refractivity contribution is 0.105. The summed E-state index contributed by atoms with van der Waals surface area (Å²) < 4.78 is 5.46. The summed E-state index contributed by atoms with van der Waals surface area (Å²) in [5.74, 6) is 0. The van der Waals surface area contributed by atoms with E-state index in [1.165, 1.54) is 6.42 Å². The lowest BCUT2D eigenvalue weighted by atomic mass is 9.87. The molecule has 74 valence electrons. The average molecular weight is 237 g/mol. The quantitative estimate of drug-likeness (QED) is 0.485. The summed E-state index contributed by atoms with van der Waals surface area (Å²) in [7, 11) is 0. The fourth-order valence-corrected chi connectivity index (χ4v) is 1.58. The molecule has 1 nitrogen and oxygen atoms in total. The minimum atomic E-state index is 0.424. The third-order valence-electron chi connectivity index (χ3n) is 2.37. The van der Waals surface area contributed by atoms with Gasteiger partial charge < -0.3 is 4.74 Å². The predicted octanol–water partition coefficient (Wildman–Crippen LogP) is 3.61. The van der Waals surface area contributed by atoms with Gasteiger partial charge in [0.25, 0.3) is 0 Å². The molecule has 0 spiro atoms. The van der Waals surface area contributed by atoms with Gasteiger partial charge in [-0.3, -0.25) is 0 Å². The van der Waals surface area contributed by atoms with Crippen LogP contribution in [0.3, 0.4) is 0 Å². The van der Waals surface area contributed by atoms with E-state index < -0.39 is 0 Å². The lowest BCUT2D eigenvalue weighted by Gasteiger charge is -2.25. The van der Waals surface area contributed by atoms with Gasteiger partial charge in [-0.05, 0) is 24.7 Å². The largest absolute Gasteiger partial charge is 0.381 e. The van der Waals surface area contributed by atoms with Crippen LogP contribution in [0.5, 0.6) is 0 Å². The van der Waals surface area contributed by atoms with Crippen LogP contribution < -0.4 is 0 Å². The number of ether oxygens (including phenoxy) is 1. The molecule has 0 bridgehead atoms. The molecule has 0 saturated carbocycles. The summed E-state index contributed by atoms with van der Waals surface area (Å²) in [6, 6.07) is 0. The summed E-state index contributed by atoms with van der Waals surface area (Å²) in [4.78, 5) is 0. The Morgan fingerprint density at radius 2 is 1.92 bits per heavy atom. The van der Waals surface area contributed by atoms with Gasteiger partial charge in [0.2, 0.25) is 0 Å². The summed E-state index contributed by atoms with van der Waals surface area (Å²) in [5.41, 5.74) is 0.424. The van der Waals surface area contributed by atoms with Crippen molar-refractivity contribution in [3.8, 4) is 0 Å². The fourth-order valence-electron chi connectivity index (χ4n) is 0.903. The molecule has 0 aliphatic heterocycles. The van der Waals surface area contributed by atoms with Crippen molar-refractivity contribution in [1.82, 2.24) is 0 Å². The van der Waals surface area contributed by atoms with Crippen LogP contribution in [0.15, 0.2) is 0 Å². The summed E-state index contributed by atoms with van der Waals surface area (Å²) in [6.07, 6.45) is 3.50. The van der Waals surface area contributed by atoms with E-state index in [0.717, 1.165) is 31.4 Å². The highest BCUT2D eigenvalue weighted by molar-refractivity contribution is 9.09. The van der Waals surface area contributed by atoms with Gasteiger partial charge >= 0.3 is 0 Å². The van der Waals surface area contributed by atoms with Crippen molar-refractivity contribution in [2.24, 2.45) is 5.41 Å². The molecule has 0 aliphatic rings. The van der Waals surface area contributed by atoms with E-state index in [2.05, 4.69) is 36.7 Å². The van der Waals surface area contributed by atoms with Crippen LogP contribution >= 0.6 is 15.9 Å². The summed E-state index contributed by atoms with van der Waals surface area (Å²) >= 11 is 3.55. The van der Waals surface area contributed by atoms with Gasteiger partial charge in [-0.2, -0.15) is 0 Å². The first-order valence-electron chi connectivity index (χ1n) is 4.82. The molecule has 0 saturated heterocycles. The Labute approximate surface area is 85.0 Å². The minimum Gasteiger partial charge on any atom is -0.381 e. The molecular weight excluding hydrogens is 216 g/mol. The lowest BCUT2D eigenvalue weighted by Crippen LogP contribution is -2.19. The Hall–Kier alpha value is 0.440. The third kappa shape index (κ3) is 5.15. The maximum Gasteiger partial charge on any atom is 0.0471 e. The van der Waals surface area contributed by atoms with Crippen LogP contribution in [0.2, 0.25) is 0 Å². The predicted molar refractivity (Wildman–Crippen MR) is 57.9 cm³/mol. The Kier molecular flexibility index (Phi) is 7.16. The first-order valence-corrected chi connectivity index (χ1v) is 5.94. The van der Waals surface area contributed by atoms with Gasteiger partial charge in [-0.15, -0.1) is 0 Å². The molecule has 0 fully saturated rings. The summed E-state index contributed by atoms with van der Waals surface area (Å²) in [5, 5.41) is 1.08. The van der Waals surface area contributed by atoms with Gasteiger partial charge in [-0.1, -0.05) is 36.7 Å². The average Bonchev–Trinajstić information content (AvgIpc) is 2.12. The number of halogens is 1. The first-order chi connectivity index (χ1) is 5.68. The third-order valence-corrected chi connectivity index (χ3v) is 3.73. The molecular formula is C10H21BrO. The van der Waals surface area contributed by atoms with Crippen molar-refractivity contribution in [2.45, 2.75) is 40.0 Å². The molecule has 0 rings (SSSR count). The minimum absolute atomic E-state index is 0.424. The van der Waals surface area contributed by atoms with Crippen molar-refractivity contribution in [1.29, 1.82) is 0 Å². The van der Waals surface area contributed by atoms with Crippen molar-refractivity contribution >= 4 is 15.9 Å². The number of hydrogen-bond donors (Lipinski definition) is 0. The molecule has 0 amide bonds. The van der Waals surface area contributed by atoms with Gasteiger partial charge in [-0.25, -0.2) is 0 Å². The highest BCUT2D eigenvalue weighted by Gasteiger charge is 2.19. The van der Waals surface area contributed by atoms with Crippen LogP contribution in [0.1, 0.15) is 40.0 Å². The van der Waals surface area contributed by atoms with E-state index in [1.54, 1.807) is 0 Å². The van der Waals surface area contributed by atoms with Crippen molar-refractivity contribution < 1.29 is 4.74 Å². The maximum atomic E-state index is 5.46. The Morgan fingerprint density at radius 1 is 1.25 bits per heavy atom. The summed E-state index contributed by atoms with van der Waals surface area (Å²) in [6.45, 7) is 8.49. The van der Waals surface area contributed by atoms with Gasteiger partial charge in [0.1, 0.15) is 0 Å². The molecule has 0 aromatic carbocycles. The zero-order chi connectivity index (χ0) is 9.45. The highest BCUT2D eigenvalue weighted by atomic mass is 79.9. The zero-order valence-corrected chi connectivity index (χ0v) is 10.1. The van der Waals surface area contributed by atoms with Crippen LogP contribution in [-0.2, 0) is 4.74 Å². The van der Waals surface area contributed by atoms with Gasteiger partial charge in [0, 0.05) is 18.5 Å². The molecule has 12 heavy (non-hydrogen) atoms. The second-order valence-corrected chi connectivity index (χ2v) is 4.22. The fraction of sp³-hybridized carbons (Fsp3) is 1.00.